The molecule has 0 radical (unpaired) electrons. The first-order valence-electron chi connectivity index (χ1n) is 11.7. The highest BCUT2D eigenvalue weighted by Crippen LogP contribution is 2.22. The van der Waals surface area contributed by atoms with Gasteiger partial charge in [0.05, 0.1) is 11.6 Å². The van der Waals surface area contributed by atoms with Gasteiger partial charge in [-0.1, -0.05) is 30.3 Å². The molecule has 1 saturated heterocycles. The predicted octanol–water partition coefficient (Wildman–Crippen LogP) is 4.48. The highest BCUT2D eigenvalue weighted by molar-refractivity contribution is 7.98. The van der Waals surface area contributed by atoms with Crippen LogP contribution in [0.5, 0.6) is 0 Å². The second-order valence-electron chi connectivity index (χ2n) is 8.60. The Morgan fingerprint density at radius 1 is 1.00 bits per heavy atom. The van der Waals surface area contributed by atoms with Gasteiger partial charge < -0.3 is 10.6 Å². The molecule has 2 amide bonds. The fourth-order valence-corrected chi connectivity index (χ4v) is 4.83. The molecule has 0 unspecified atom stereocenters. The Labute approximate surface area is 209 Å². The standard InChI is InChI=1S/C27H29FN4O2S/c28-23-9-7-20(8-10-23)17-30-27(34)22-11-14-32(15-12-22)18-25(33)31-24-5-3-4-21(16-24)19-35-26-6-1-2-13-29-26/h1-10,13,16,22H,11-12,14-15,17-19H2,(H,30,34)(H,31,33). The third-order valence-corrected chi connectivity index (χ3v) is 6.96. The van der Waals surface area contributed by atoms with Crippen LogP contribution in [0.4, 0.5) is 10.1 Å². The largest absolute Gasteiger partial charge is 0.352 e. The zero-order valence-electron chi connectivity index (χ0n) is 19.5. The molecule has 0 atom stereocenters. The van der Waals surface area contributed by atoms with Crippen LogP contribution in [-0.2, 0) is 21.9 Å². The first-order valence-corrected chi connectivity index (χ1v) is 12.7. The Morgan fingerprint density at radius 3 is 2.54 bits per heavy atom. The maximum Gasteiger partial charge on any atom is 0.238 e. The molecule has 3 aromatic rings. The number of nitrogens with zero attached hydrogens (tertiary/aromatic N) is 2. The monoisotopic (exact) mass is 492 g/mol. The number of hydrogen-bond donors (Lipinski definition) is 2. The number of hydrogen-bond acceptors (Lipinski definition) is 5. The molecule has 8 heteroatoms. The number of halogens is 1. The zero-order chi connectivity index (χ0) is 24.5. The van der Waals surface area contributed by atoms with Gasteiger partial charge >= 0.3 is 0 Å². The number of aromatic nitrogens is 1. The lowest BCUT2D eigenvalue weighted by Gasteiger charge is -2.30. The van der Waals surface area contributed by atoms with Crippen molar-refractivity contribution in [2.45, 2.75) is 30.2 Å². The number of likely N-dealkylation sites (tertiary alicyclic amines) is 1. The molecule has 2 N–H and O–H groups in total. The Balaban J connectivity index is 1.18. The average molecular weight is 493 g/mol. The average Bonchev–Trinajstić information content (AvgIpc) is 2.88. The smallest absolute Gasteiger partial charge is 0.238 e. The van der Waals surface area contributed by atoms with Crippen molar-refractivity contribution in [1.82, 2.24) is 15.2 Å². The summed E-state index contributed by atoms with van der Waals surface area (Å²) in [5.74, 6) is 0.377. The fourth-order valence-electron chi connectivity index (χ4n) is 4.02. The molecule has 1 aliphatic rings. The van der Waals surface area contributed by atoms with Crippen molar-refractivity contribution in [3.05, 3.63) is 89.9 Å². The van der Waals surface area contributed by atoms with Crippen molar-refractivity contribution in [1.29, 1.82) is 0 Å². The third-order valence-electron chi connectivity index (χ3n) is 5.94. The Morgan fingerprint density at radius 2 is 1.80 bits per heavy atom. The SMILES string of the molecule is O=C(CN1CCC(C(=O)NCc2ccc(F)cc2)CC1)Nc1cccc(CSc2ccccn2)c1. The highest BCUT2D eigenvalue weighted by atomic mass is 32.2. The summed E-state index contributed by atoms with van der Waals surface area (Å²) in [5, 5.41) is 6.90. The molecule has 1 aromatic heterocycles. The topological polar surface area (TPSA) is 74.3 Å². The summed E-state index contributed by atoms with van der Waals surface area (Å²) in [7, 11) is 0. The van der Waals surface area contributed by atoms with Crippen molar-refractivity contribution in [2.24, 2.45) is 5.92 Å². The van der Waals surface area contributed by atoms with Gasteiger partial charge in [0.1, 0.15) is 5.82 Å². The number of thioether (sulfide) groups is 1. The summed E-state index contributed by atoms with van der Waals surface area (Å²) >= 11 is 1.65. The summed E-state index contributed by atoms with van der Waals surface area (Å²) in [4.78, 5) is 31.5. The summed E-state index contributed by atoms with van der Waals surface area (Å²) in [6.07, 6.45) is 3.20. The molecule has 1 aliphatic heterocycles. The molecule has 2 heterocycles. The van der Waals surface area contributed by atoms with Gasteiger partial charge in [0.2, 0.25) is 11.8 Å². The third kappa shape index (κ3) is 7.90. The van der Waals surface area contributed by atoms with Gasteiger partial charge in [-0.05, 0) is 73.5 Å². The molecular weight excluding hydrogens is 463 g/mol. The molecular formula is C27H29FN4O2S. The van der Waals surface area contributed by atoms with Crippen LogP contribution in [0.2, 0.25) is 0 Å². The summed E-state index contributed by atoms with van der Waals surface area (Å²) in [6.45, 7) is 2.09. The van der Waals surface area contributed by atoms with E-state index in [9.17, 15) is 14.0 Å². The normalized spacial score (nSPS) is 14.4. The van der Waals surface area contributed by atoms with Crippen LogP contribution in [0.1, 0.15) is 24.0 Å². The van der Waals surface area contributed by atoms with Crippen LogP contribution in [-0.4, -0.2) is 41.3 Å². The molecule has 1 fully saturated rings. The summed E-state index contributed by atoms with van der Waals surface area (Å²) in [6, 6.07) is 19.8. The molecule has 2 aromatic carbocycles. The highest BCUT2D eigenvalue weighted by Gasteiger charge is 2.25. The lowest BCUT2D eigenvalue weighted by molar-refractivity contribution is -0.126. The van der Waals surface area contributed by atoms with Crippen LogP contribution in [0.25, 0.3) is 0 Å². The number of carbonyl (C=O) groups excluding carboxylic acids is 2. The van der Waals surface area contributed by atoms with Gasteiger partial charge in [-0.15, -0.1) is 11.8 Å². The van der Waals surface area contributed by atoms with Crippen LogP contribution >= 0.6 is 11.8 Å². The number of benzene rings is 2. The molecule has 6 nitrogen and oxygen atoms in total. The Hall–Kier alpha value is -3.23. The van der Waals surface area contributed by atoms with E-state index in [4.69, 9.17) is 0 Å². The zero-order valence-corrected chi connectivity index (χ0v) is 20.3. The van der Waals surface area contributed by atoms with E-state index in [1.807, 2.05) is 42.5 Å². The van der Waals surface area contributed by atoms with E-state index in [-0.39, 0.29) is 23.5 Å². The molecule has 0 spiro atoms. The van der Waals surface area contributed by atoms with E-state index in [1.165, 1.54) is 12.1 Å². The van der Waals surface area contributed by atoms with Gasteiger partial charge in [0, 0.05) is 30.1 Å². The Kier molecular flexibility index (Phi) is 8.86. The molecule has 182 valence electrons. The Bertz CT molecular complexity index is 1120. The van der Waals surface area contributed by atoms with Crippen LogP contribution < -0.4 is 10.6 Å². The number of anilines is 1. The van der Waals surface area contributed by atoms with Crippen molar-refractivity contribution in [2.75, 3.05) is 25.0 Å². The van der Waals surface area contributed by atoms with Crippen molar-refractivity contribution in [3.63, 3.8) is 0 Å². The minimum Gasteiger partial charge on any atom is -0.352 e. The molecule has 0 saturated carbocycles. The lowest BCUT2D eigenvalue weighted by Crippen LogP contribution is -2.43. The van der Waals surface area contributed by atoms with Crippen LogP contribution in [0.15, 0.2) is 78.0 Å². The van der Waals surface area contributed by atoms with Gasteiger partial charge in [-0.2, -0.15) is 0 Å². The molecule has 0 aliphatic carbocycles. The first-order chi connectivity index (χ1) is 17.0. The van der Waals surface area contributed by atoms with E-state index in [0.717, 1.165) is 27.6 Å². The summed E-state index contributed by atoms with van der Waals surface area (Å²) in [5.41, 5.74) is 2.77. The molecule has 35 heavy (non-hydrogen) atoms. The first kappa shape index (κ1) is 24.9. The fraction of sp³-hybridized carbons (Fsp3) is 0.296. The minimum atomic E-state index is -0.288. The van der Waals surface area contributed by atoms with E-state index in [0.29, 0.717) is 39.0 Å². The van der Waals surface area contributed by atoms with E-state index < -0.39 is 0 Å². The van der Waals surface area contributed by atoms with Crippen LogP contribution in [0, 0.1) is 11.7 Å². The molecule has 4 rings (SSSR count). The maximum absolute atomic E-state index is 13.0. The predicted molar refractivity (Wildman–Crippen MR) is 136 cm³/mol. The molecule has 0 bridgehead atoms. The second-order valence-corrected chi connectivity index (χ2v) is 9.60. The minimum absolute atomic E-state index is 0.0128. The van der Waals surface area contributed by atoms with Crippen molar-refractivity contribution >= 4 is 29.3 Å². The number of nitrogens with one attached hydrogen (secondary N) is 2. The number of carbonyl (C=O) groups is 2. The number of pyridine rings is 1. The quantitative estimate of drug-likeness (QED) is 0.431. The van der Waals surface area contributed by atoms with Gasteiger partial charge in [-0.3, -0.25) is 14.5 Å². The van der Waals surface area contributed by atoms with E-state index in [1.54, 1.807) is 30.1 Å². The van der Waals surface area contributed by atoms with Gasteiger partial charge in [-0.25, -0.2) is 9.37 Å². The summed E-state index contributed by atoms with van der Waals surface area (Å²) < 4.78 is 13.0. The lowest BCUT2D eigenvalue weighted by atomic mass is 9.96. The number of rotatable bonds is 9. The van der Waals surface area contributed by atoms with Crippen molar-refractivity contribution < 1.29 is 14.0 Å². The van der Waals surface area contributed by atoms with Gasteiger partial charge in [0.15, 0.2) is 0 Å². The van der Waals surface area contributed by atoms with E-state index >= 15 is 0 Å². The van der Waals surface area contributed by atoms with Crippen LogP contribution in [0.3, 0.4) is 0 Å². The maximum atomic E-state index is 13.0. The second kappa shape index (κ2) is 12.5. The van der Waals surface area contributed by atoms with E-state index in [2.05, 4.69) is 20.5 Å². The number of amides is 2. The van der Waals surface area contributed by atoms with Crippen molar-refractivity contribution in [3.8, 4) is 0 Å². The number of piperidine rings is 1. The van der Waals surface area contributed by atoms with Gasteiger partial charge in [0.25, 0.3) is 0 Å².